The number of benzene rings is 3. The smallest absolute Gasteiger partial charge is 0.279 e. The monoisotopic (exact) mass is 437 g/mol. The molecule has 1 amide bonds. The first-order chi connectivity index (χ1) is 16.1. The third kappa shape index (κ3) is 3.67. The molecule has 7 heteroatoms. The molecule has 0 unspecified atom stereocenters. The van der Waals surface area contributed by atoms with Crippen molar-refractivity contribution in [2.75, 3.05) is 5.32 Å². The van der Waals surface area contributed by atoms with Crippen molar-refractivity contribution in [2.24, 2.45) is 0 Å². The molecule has 1 N–H and O–H groups in total. The molecule has 0 bridgehead atoms. The number of aryl methyl sites for hydroxylation is 2. The van der Waals surface area contributed by atoms with Gasteiger partial charge in [-0.25, -0.2) is 9.67 Å². The van der Waals surface area contributed by atoms with Crippen molar-refractivity contribution in [3.05, 3.63) is 100.0 Å². The van der Waals surface area contributed by atoms with Gasteiger partial charge in [-0.1, -0.05) is 54.6 Å². The second kappa shape index (κ2) is 8.35. The summed E-state index contributed by atoms with van der Waals surface area (Å²) in [5.74, 6) is 0.0272. The Bertz CT molecular complexity index is 1560. The molecule has 3 aromatic carbocycles. The standard InChI is InChI=1S/C26H23N5O2/c1-3-31-25(33)20-13-7-6-12-19(20)23(29-31)24(32)28-26-27-21-14-8-9-15-22(21)30(26)16-18-11-5-4-10-17(18)2/h4-15H,3,16H2,1-2H3,(H,27,28,32). The normalized spacial score (nSPS) is 11.2. The van der Waals surface area contributed by atoms with Gasteiger partial charge in [0.05, 0.1) is 23.0 Å². The van der Waals surface area contributed by atoms with Crippen molar-refractivity contribution < 1.29 is 4.79 Å². The van der Waals surface area contributed by atoms with Crippen LogP contribution in [0.1, 0.15) is 28.5 Å². The van der Waals surface area contributed by atoms with Crippen LogP contribution >= 0.6 is 0 Å². The van der Waals surface area contributed by atoms with Gasteiger partial charge in [-0.05, 0) is 43.2 Å². The minimum atomic E-state index is -0.408. The maximum absolute atomic E-state index is 13.4. The first-order valence-electron chi connectivity index (χ1n) is 10.9. The number of carbonyl (C=O) groups excluding carboxylic acids is 1. The van der Waals surface area contributed by atoms with Crippen molar-refractivity contribution in [1.82, 2.24) is 19.3 Å². The number of aromatic nitrogens is 4. The van der Waals surface area contributed by atoms with Gasteiger partial charge in [0.2, 0.25) is 5.95 Å². The van der Waals surface area contributed by atoms with E-state index in [1.54, 1.807) is 24.3 Å². The van der Waals surface area contributed by atoms with E-state index in [4.69, 9.17) is 0 Å². The van der Waals surface area contributed by atoms with Crippen LogP contribution in [0.2, 0.25) is 0 Å². The van der Waals surface area contributed by atoms with Crippen molar-refractivity contribution >= 4 is 33.7 Å². The van der Waals surface area contributed by atoms with Crippen molar-refractivity contribution in [1.29, 1.82) is 0 Å². The Balaban J connectivity index is 1.61. The molecule has 0 saturated heterocycles. The highest BCUT2D eigenvalue weighted by Gasteiger charge is 2.20. The zero-order valence-electron chi connectivity index (χ0n) is 18.4. The van der Waals surface area contributed by atoms with Gasteiger partial charge in [-0.2, -0.15) is 5.10 Å². The third-order valence-electron chi connectivity index (χ3n) is 5.85. The van der Waals surface area contributed by atoms with Gasteiger partial charge in [0.15, 0.2) is 5.69 Å². The summed E-state index contributed by atoms with van der Waals surface area (Å²) in [7, 11) is 0. The largest absolute Gasteiger partial charge is 0.305 e. The fourth-order valence-corrected chi connectivity index (χ4v) is 4.07. The second-order valence-corrected chi connectivity index (χ2v) is 7.91. The van der Waals surface area contributed by atoms with Crippen LogP contribution in [-0.4, -0.2) is 25.2 Å². The summed E-state index contributed by atoms with van der Waals surface area (Å²) >= 11 is 0. The van der Waals surface area contributed by atoms with Crippen LogP contribution in [0.25, 0.3) is 21.8 Å². The SMILES string of the molecule is CCn1nc(C(=O)Nc2nc3ccccc3n2Cc2ccccc2C)c2ccccc2c1=O. The Hall–Kier alpha value is -4.26. The predicted molar refractivity (Wildman–Crippen MR) is 130 cm³/mol. The van der Waals surface area contributed by atoms with Gasteiger partial charge in [-0.3, -0.25) is 14.9 Å². The molecule has 0 fully saturated rings. The zero-order chi connectivity index (χ0) is 22.9. The quantitative estimate of drug-likeness (QED) is 0.443. The minimum Gasteiger partial charge on any atom is -0.305 e. The van der Waals surface area contributed by atoms with E-state index in [0.29, 0.717) is 29.8 Å². The lowest BCUT2D eigenvalue weighted by Gasteiger charge is -2.13. The predicted octanol–water partition coefficient (Wildman–Crippen LogP) is 4.38. The maximum Gasteiger partial charge on any atom is 0.279 e. The van der Waals surface area contributed by atoms with Crippen LogP contribution < -0.4 is 10.9 Å². The van der Waals surface area contributed by atoms with E-state index < -0.39 is 5.91 Å². The molecular weight excluding hydrogens is 414 g/mol. The van der Waals surface area contributed by atoms with Crippen molar-refractivity contribution in [3.8, 4) is 0 Å². The number of fused-ring (bicyclic) bond motifs is 2. The number of para-hydroxylation sites is 2. The molecule has 0 atom stereocenters. The van der Waals surface area contributed by atoms with Crippen LogP contribution in [-0.2, 0) is 13.1 Å². The molecule has 33 heavy (non-hydrogen) atoms. The summed E-state index contributed by atoms with van der Waals surface area (Å²) in [6.07, 6.45) is 0. The first-order valence-corrected chi connectivity index (χ1v) is 10.9. The molecule has 7 nitrogen and oxygen atoms in total. The number of hydrogen-bond donors (Lipinski definition) is 1. The van der Waals surface area contributed by atoms with Crippen LogP contribution in [0.5, 0.6) is 0 Å². The maximum atomic E-state index is 13.4. The lowest BCUT2D eigenvalue weighted by Crippen LogP contribution is -2.27. The molecule has 2 heterocycles. The molecule has 5 aromatic rings. The highest BCUT2D eigenvalue weighted by Crippen LogP contribution is 2.23. The summed E-state index contributed by atoms with van der Waals surface area (Å²) in [6, 6.07) is 23.0. The molecule has 0 spiro atoms. The number of hydrogen-bond acceptors (Lipinski definition) is 4. The Morgan fingerprint density at radius 2 is 1.64 bits per heavy atom. The number of amides is 1. The number of anilines is 1. The lowest BCUT2D eigenvalue weighted by atomic mass is 10.1. The van der Waals surface area contributed by atoms with E-state index in [1.165, 1.54) is 4.68 Å². The Labute approximate surface area is 190 Å². The highest BCUT2D eigenvalue weighted by atomic mass is 16.2. The molecule has 0 aliphatic rings. The number of rotatable bonds is 5. The fourth-order valence-electron chi connectivity index (χ4n) is 4.07. The van der Waals surface area contributed by atoms with E-state index in [-0.39, 0.29) is 11.3 Å². The number of nitrogens with one attached hydrogen (secondary N) is 1. The van der Waals surface area contributed by atoms with Gasteiger partial charge in [0, 0.05) is 11.9 Å². The Kier molecular flexibility index (Phi) is 5.22. The molecule has 0 aliphatic heterocycles. The fraction of sp³-hybridized carbons (Fsp3) is 0.154. The van der Waals surface area contributed by atoms with Gasteiger partial charge < -0.3 is 4.57 Å². The molecule has 0 radical (unpaired) electrons. The molecule has 164 valence electrons. The molecule has 2 aromatic heterocycles. The second-order valence-electron chi connectivity index (χ2n) is 7.91. The highest BCUT2D eigenvalue weighted by molar-refractivity contribution is 6.10. The van der Waals surface area contributed by atoms with Crippen LogP contribution in [0, 0.1) is 6.92 Å². The molecule has 5 rings (SSSR count). The summed E-state index contributed by atoms with van der Waals surface area (Å²) in [6.45, 7) is 4.82. The number of carbonyl (C=O) groups is 1. The summed E-state index contributed by atoms with van der Waals surface area (Å²) < 4.78 is 3.31. The van der Waals surface area contributed by atoms with Crippen LogP contribution in [0.3, 0.4) is 0 Å². The van der Waals surface area contributed by atoms with Gasteiger partial charge in [0.25, 0.3) is 11.5 Å². The van der Waals surface area contributed by atoms with Crippen molar-refractivity contribution in [2.45, 2.75) is 26.9 Å². The van der Waals surface area contributed by atoms with Gasteiger partial charge in [-0.15, -0.1) is 0 Å². The number of nitrogens with zero attached hydrogens (tertiary/aromatic N) is 4. The van der Waals surface area contributed by atoms with Gasteiger partial charge >= 0.3 is 0 Å². The Morgan fingerprint density at radius 1 is 0.939 bits per heavy atom. The average Bonchev–Trinajstić information content (AvgIpc) is 3.17. The van der Waals surface area contributed by atoms with E-state index >= 15 is 0 Å². The van der Waals surface area contributed by atoms with E-state index in [0.717, 1.165) is 22.2 Å². The van der Waals surface area contributed by atoms with E-state index in [1.807, 2.05) is 47.9 Å². The van der Waals surface area contributed by atoms with Crippen LogP contribution in [0.4, 0.5) is 5.95 Å². The molecule has 0 saturated carbocycles. The van der Waals surface area contributed by atoms with E-state index in [2.05, 4.69) is 34.5 Å². The number of imidazole rings is 1. The Morgan fingerprint density at radius 3 is 2.42 bits per heavy atom. The summed E-state index contributed by atoms with van der Waals surface area (Å²) in [4.78, 5) is 30.7. The zero-order valence-corrected chi connectivity index (χ0v) is 18.4. The summed E-state index contributed by atoms with van der Waals surface area (Å²) in [5.41, 5.74) is 4.00. The molecule has 0 aliphatic carbocycles. The third-order valence-corrected chi connectivity index (χ3v) is 5.85. The summed E-state index contributed by atoms with van der Waals surface area (Å²) in [5, 5.41) is 8.29. The van der Waals surface area contributed by atoms with Crippen molar-refractivity contribution in [3.63, 3.8) is 0 Å². The topological polar surface area (TPSA) is 81.8 Å². The minimum absolute atomic E-state index is 0.196. The van der Waals surface area contributed by atoms with E-state index in [9.17, 15) is 9.59 Å². The first kappa shape index (κ1) is 20.6. The van der Waals surface area contributed by atoms with Gasteiger partial charge in [0.1, 0.15) is 0 Å². The lowest BCUT2D eigenvalue weighted by molar-refractivity contribution is 0.102. The average molecular weight is 438 g/mol. The molecular formula is C26H23N5O2. The van der Waals surface area contributed by atoms with Crippen LogP contribution in [0.15, 0.2) is 77.6 Å².